The van der Waals surface area contributed by atoms with Crippen molar-refractivity contribution in [2.45, 2.75) is 6.92 Å². The van der Waals surface area contributed by atoms with Gasteiger partial charge in [0.25, 0.3) is 0 Å². The standard InChI is InChI=1S/C14H9F3N2/c1-7-2-3-9(10(16)4-7)14-18-12-6-8(15)5-11(17)13(12)19-14/h2-6H,1H3,(H,18,19). The number of aromatic amines is 1. The number of hydrogen-bond acceptors (Lipinski definition) is 1. The lowest BCUT2D eigenvalue weighted by molar-refractivity contribution is 0.590. The first-order valence-corrected chi connectivity index (χ1v) is 5.66. The van der Waals surface area contributed by atoms with Gasteiger partial charge in [-0.15, -0.1) is 0 Å². The largest absolute Gasteiger partial charge is 0.338 e. The molecule has 5 heteroatoms. The number of aromatic nitrogens is 2. The summed E-state index contributed by atoms with van der Waals surface area (Å²) in [5.74, 6) is -1.76. The zero-order valence-corrected chi connectivity index (χ0v) is 9.97. The highest BCUT2D eigenvalue weighted by atomic mass is 19.1. The number of nitrogens with zero attached hydrogens (tertiary/aromatic N) is 1. The highest BCUT2D eigenvalue weighted by molar-refractivity contribution is 5.80. The van der Waals surface area contributed by atoms with Crippen molar-refractivity contribution in [3.8, 4) is 11.4 Å². The molecule has 0 amide bonds. The summed E-state index contributed by atoms with van der Waals surface area (Å²) in [6.45, 7) is 1.76. The smallest absolute Gasteiger partial charge is 0.153 e. The number of fused-ring (bicyclic) bond motifs is 1. The predicted molar refractivity (Wildman–Crippen MR) is 66.1 cm³/mol. The second kappa shape index (κ2) is 4.12. The van der Waals surface area contributed by atoms with Crippen molar-refractivity contribution in [2.24, 2.45) is 0 Å². The minimum Gasteiger partial charge on any atom is -0.338 e. The number of benzene rings is 2. The Hall–Kier alpha value is -2.30. The van der Waals surface area contributed by atoms with Crippen LogP contribution < -0.4 is 0 Å². The fourth-order valence-corrected chi connectivity index (χ4v) is 1.98. The Balaban J connectivity index is 2.23. The van der Waals surface area contributed by atoms with Gasteiger partial charge >= 0.3 is 0 Å². The minimum absolute atomic E-state index is 0.00336. The third-order valence-electron chi connectivity index (χ3n) is 2.88. The van der Waals surface area contributed by atoms with Gasteiger partial charge in [0, 0.05) is 6.07 Å². The third kappa shape index (κ3) is 1.97. The molecule has 2 aromatic carbocycles. The molecule has 19 heavy (non-hydrogen) atoms. The van der Waals surface area contributed by atoms with Gasteiger partial charge in [0.2, 0.25) is 0 Å². The van der Waals surface area contributed by atoms with Crippen molar-refractivity contribution in [3.05, 3.63) is 53.3 Å². The van der Waals surface area contributed by atoms with Crippen LogP contribution in [0.1, 0.15) is 5.56 Å². The van der Waals surface area contributed by atoms with E-state index in [9.17, 15) is 13.2 Å². The van der Waals surface area contributed by atoms with Gasteiger partial charge in [-0.3, -0.25) is 0 Å². The van der Waals surface area contributed by atoms with E-state index < -0.39 is 17.5 Å². The van der Waals surface area contributed by atoms with Gasteiger partial charge in [0.05, 0.1) is 11.1 Å². The van der Waals surface area contributed by atoms with E-state index in [1.54, 1.807) is 19.1 Å². The third-order valence-corrected chi connectivity index (χ3v) is 2.88. The van der Waals surface area contributed by atoms with Gasteiger partial charge < -0.3 is 4.98 Å². The fourth-order valence-electron chi connectivity index (χ4n) is 1.98. The molecule has 0 unspecified atom stereocenters. The van der Waals surface area contributed by atoms with Gasteiger partial charge in [-0.25, -0.2) is 18.2 Å². The summed E-state index contributed by atoms with van der Waals surface area (Å²) in [6.07, 6.45) is 0. The summed E-state index contributed by atoms with van der Waals surface area (Å²) >= 11 is 0. The van der Waals surface area contributed by atoms with Crippen LogP contribution in [-0.4, -0.2) is 9.97 Å². The maximum absolute atomic E-state index is 13.8. The molecule has 1 aromatic heterocycles. The number of nitrogens with one attached hydrogen (secondary N) is 1. The minimum atomic E-state index is -0.773. The summed E-state index contributed by atoms with van der Waals surface area (Å²) in [5, 5.41) is 0. The van der Waals surface area contributed by atoms with E-state index in [0.29, 0.717) is 0 Å². The quantitative estimate of drug-likeness (QED) is 0.706. The Bertz CT molecular complexity index is 778. The molecule has 0 saturated heterocycles. The number of imidazole rings is 1. The molecule has 0 spiro atoms. The van der Waals surface area contributed by atoms with Crippen LogP contribution in [-0.2, 0) is 0 Å². The van der Waals surface area contributed by atoms with Crippen LogP contribution in [0.5, 0.6) is 0 Å². The second-order valence-electron chi connectivity index (χ2n) is 4.35. The lowest BCUT2D eigenvalue weighted by Gasteiger charge is -2.00. The van der Waals surface area contributed by atoms with Crippen molar-refractivity contribution in [3.63, 3.8) is 0 Å². The van der Waals surface area contributed by atoms with Crippen LogP contribution in [0.4, 0.5) is 13.2 Å². The molecule has 2 nitrogen and oxygen atoms in total. The Morgan fingerprint density at radius 2 is 1.79 bits per heavy atom. The highest BCUT2D eigenvalue weighted by Crippen LogP contribution is 2.25. The van der Waals surface area contributed by atoms with Gasteiger partial charge in [0.1, 0.15) is 23.0 Å². The number of halogens is 3. The van der Waals surface area contributed by atoms with E-state index in [0.717, 1.165) is 17.7 Å². The molecule has 0 aliphatic carbocycles. The van der Waals surface area contributed by atoms with Gasteiger partial charge in [-0.1, -0.05) is 6.07 Å². The zero-order valence-electron chi connectivity index (χ0n) is 9.97. The van der Waals surface area contributed by atoms with Crippen LogP contribution in [0.25, 0.3) is 22.4 Å². The Morgan fingerprint density at radius 3 is 2.53 bits per heavy atom. The molecule has 0 aliphatic heterocycles. The first-order chi connectivity index (χ1) is 9.04. The lowest BCUT2D eigenvalue weighted by atomic mass is 10.1. The van der Waals surface area contributed by atoms with Crippen molar-refractivity contribution in [1.29, 1.82) is 0 Å². The van der Waals surface area contributed by atoms with E-state index in [4.69, 9.17) is 0 Å². The maximum atomic E-state index is 13.8. The van der Waals surface area contributed by atoms with E-state index in [1.165, 1.54) is 6.07 Å². The first kappa shape index (κ1) is 11.8. The highest BCUT2D eigenvalue weighted by Gasteiger charge is 2.13. The van der Waals surface area contributed by atoms with E-state index in [2.05, 4.69) is 9.97 Å². The average Bonchev–Trinajstić information content (AvgIpc) is 2.72. The average molecular weight is 262 g/mol. The molecule has 0 bridgehead atoms. The first-order valence-electron chi connectivity index (χ1n) is 5.66. The maximum Gasteiger partial charge on any atom is 0.153 e. The summed E-state index contributed by atoms with van der Waals surface area (Å²) in [4.78, 5) is 6.70. The molecule has 0 radical (unpaired) electrons. The Kier molecular flexibility index (Phi) is 2.55. The molecule has 96 valence electrons. The van der Waals surface area contributed by atoms with E-state index >= 15 is 0 Å². The second-order valence-corrected chi connectivity index (χ2v) is 4.35. The lowest BCUT2D eigenvalue weighted by Crippen LogP contribution is -1.87. The van der Waals surface area contributed by atoms with Crippen LogP contribution in [0, 0.1) is 24.4 Å². The molecule has 0 saturated carbocycles. The van der Waals surface area contributed by atoms with Crippen molar-refractivity contribution in [1.82, 2.24) is 9.97 Å². The van der Waals surface area contributed by atoms with E-state index in [-0.39, 0.29) is 22.4 Å². The van der Waals surface area contributed by atoms with E-state index in [1.807, 2.05) is 0 Å². The Morgan fingerprint density at radius 1 is 1.00 bits per heavy atom. The molecule has 3 rings (SSSR count). The molecule has 1 N–H and O–H groups in total. The molecule has 1 heterocycles. The number of rotatable bonds is 1. The SMILES string of the molecule is Cc1ccc(-c2nc3c(F)cc(F)cc3[nH]2)c(F)c1. The van der Waals surface area contributed by atoms with Gasteiger partial charge in [0.15, 0.2) is 5.82 Å². The molecule has 0 fully saturated rings. The van der Waals surface area contributed by atoms with Crippen LogP contribution in [0.15, 0.2) is 30.3 Å². The van der Waals surface area contributed by atoms with Crippen LogP contribution in [0.3, 0.4) is 0 Å². The van der Waals surface area contributed by atoms with Gasteiger partial charge in [-0.05, 0) is 30.7 Å². The monoisotopic (exact) mass is 262 g/mol. The van der Waals surface area contributed by atoms with Crippen molar-refractivity contribution < 1.29 is 13.2 Å². The Labute approximate surface area is 106 Å². The zero-order chi connectivity index (χ0) is 13.6. The number of aryl methyl sites for hydroxylation is 1. The van der Waals surface area contributed by atoms with Gasteiger partial charge in [-0.2, -0.15) is 0 Å². The summed E-state index contributed by atoms with van der Waals surface area (Å²) < 4.78 is 40.4. The summed E-state index contributed by atoms with van der Waals surface area (Å²) in [5.41, 5.74) is 1.19. The number of H-pyrrole nitrogens is 1. The van der Waals surface area contributed by atoms with Crippen molar-refractivity contribution >= 4 is 11.0 Å². The molecule has 0 aliphatic rings. The fraction of sp³-hybridized carbons (Fsp3) is 0.0714. The molecular formula is C14H9F3N2. The summed E-state index contributed by atoms with van der Waals surface area (Å²) in [6, 6.07) is 6.51. The topological polar surface area (TPSA) is 28.7 Å². The predicted octanol–water partition coefficient (Wildman–Crippen LogP) is 3.96. The normalized spacial score (nSPS) is 11.2. The molecule has 0 atom stereocenters. The molecular weight excluding hydrogens is 253 g/mol. The van der Waals surface area contributed by atoms with Crippen LogP contribution in [0.2, 0.25) is 0 Å². The van der Waals surface area contributed by atoms with Crippen molar-refractivity contribution in [2.75, 3.05) is 0 Å². The summed E-state index contributed by atoms with van der Waals surface area (Å²) in [7, 11) is 0. The molecule has 3 aromatic rings. The van der Waals surface area contributed by atoms with Crippen LogP contribution >= 0.6 is 0 Å². The number of hydrogen-bond donors (Lipinski definition) is 1.